The molecule has 0 bridgehead atoms. The average molecular weight is 474 g/mol. The fraction of sp³-hybridized carbons (Fsp3) is 0.296. The third-order valence-corrected chi connectivity index (χ3v) is 7.22. The van der Waals surface area contributed by atoms with E-state index < -0.39 is 0 Å². The minimum absolute atomic E-state index is 0.0117. The number of aromatic nitrogens is 2. The van der Waals surface area contributed by atoms with Gasteiger partial charge in [0.05, 0.1) is 19.1 Å². The largest absolute Gasteiger partial charge is 0.496 e. The molecule has 7 heteroatoms. The highest BCUT2D eigenvalue weighted by Crippen LogP contribution is 2.36. The van der Waals surface area contributed by atoms with Gasteiger partial charge in [-0.2, -0.15) is 0 Å². The molecule has 0 saturated heterocycles. The Balaban J connectivity index is 1.58. The lowest BCUT2D eigenvalue weighted by atomic mass is 9.94. The molecule has 2 aromatic heterocycles. The van der Waals surface area contributed by atoms with Gasteiger partial charge in [0, 0.05) is 40.3 Å². The number of ketones is 1. The summed E-state index contributed by atoms with van der Waals surface area (Å²) >= 11 is 1.47. The number of hydrogen-bond acceptors (Lipinski definition) is 5. The number of aryl methyl sites for hydroxylation is 2. The van der Waals surface area contributed by atoms with Crippen LogP contribution in [0.2, 0.25) is 0 Å². The predicted octanol–water partition coefficient (Wildman–Crippen LogP) is 5.47. The topological polar surface area (TPSA) is 75.3 Å². The fourth-order valence-electron chi connectivity index (χ4n) is 4.37. The van der Waals surface area contributed by atoms with E-state index in [-0.39, 0.29) is 18.1 Å². The summed E-state index contributed by atoms with van der Waals surface area (Å²) in [5, 5.41) is 3.37. The van der Waals surface area contributed by atoms with E-state index in [2.05, 4.69) is 9.97 Å². The number of H-pyrrole nitrogens is 1. The summed E-state index contributed by atoms with van der Waals surface area (Å²) in [5.41, 5.74) is 4.68. The zero-order valence-corrected chi connectivity index (χ0v) is 20.4. The second kappa shape index (κ2) is 9.06. The van der Waals surface area contributed by atoms with Crippen LogP contribution in [0.4, 0.5) is 5.13 Å². The Morgan fingerprint density at radius 2 is 1.91 bits per heavy atom. The van der Waals surface area contributed by atoms with E-state index in [1.165, 1.54) is 11.3 Å². The third kappa shape index (κ3) is 4.23. The Labute approximate surface area is 202 Å². The van der Waals surface area contributed by atoms with E-state index >= 15 is 0 Å². The van der Waals surface area contributed by atoms with Crippen LogP contribution < -0.4 is 9.64 Å². The van der Waals surface area contributed by atoms with Gasteiger partial charge in [-0.15, -0.1) is 11.3 Å². The number of thiazole rings is 1. The predicted molar refractivity (Wildman–Crippen MR) is 135 cm³/mol. The van der Waals surface area contributed by atoms with Gasteiger partial charge in [0.25, 0.3) is 0 Å². The maximum atomic E-state index is 13.7. The number of rotatable bonds is 8. The van der Waals surface area contributed by atoms with Gasteiger partial charge < -0.3 is 9.72 Å². The van der Waals surface area contributed by atoms with E-state index in [1.807, 2.05) is 54.5 Å². The first-order valence-corrected chi connectivity index (χ1v) is 12.3. The van der Waals surface area contributed by atoms with Crippen molar-refractivity contribution in [2.45, 2.75) is 33.1 Å². The van der Waals surface area contributed by atoms with Crippen molar-refractivity contribution in [2.75, 3.05) is 18.6 Å². The quantitative estimate of drug-likeness (QED) is 0.345. The number of nitrogens with one attached hydrogen (secondary N) is 1. The Kier molecular flexibility index (Phi) is 5.96. The minimum atomic E-state index is -0.120. The maximum Gasteiger partial charge on any atom is 0.233 e. The molecule has 4 aromatic rings. The average Bonchev–Trinajstić information content (AvgIpc) is 3.39. The SMILES string of the molecule is COc1ccc2[nH]c(C)c(CC(=O)N(CC3CC3)c3nccs3)c2c1C(=O)c1ccc(C)cc1. The lowest BCUT2D eigenvalue weighted by molar-refractivity contribution is -0.118. The number of methoxy groups -OCH3 is 1. The highest BCUT2D eigenvalue weighted by Gasteiger charge is 2.30. The smallest absolute Gasteiger partial charge is 0.233 e. The molecular formula is C27H27N3O3S. The number of amides is 1. The van der Waals surface area contributed by atoms with Crippen LogP contribution in [0.25, 0.3) is 10.9 Å². The van der Waals surface area contributed by atoms with Crippen LogP contribution in [-0.2, 0) is 11.2 Å². The molecule has 1 aliphatic carbocycles. The van der Waals surface area contributed by atoms with Gasteiger partial charge >= 0.3 is 0 Å². The van der Waals surface area contributed by atoms with Gasteiger partial charge in [0.1, 0.15) is 5.75 Å². The van der Waals surface area contributed by atoms with Gasteiger partial charge in [-0.25, -0.2) is 4.98 Å². The lowest BCUT2D eigenvalue weighted by Gasteiger charge is -2.20. The van der Waals surface area contributed by atoms with Crippen LogP contribution in [0.5, 0.6) is 5.75 Å². The summed E-state index contributed by atoms with van der Waals surface area (Å²) in [6.45, 7) is 4.63. The summed E-state index contributed by atoms with van der Waals surface area (Å²) in [7, 11) is 1.57. The molecule has 0 unspecified atom stereocenters. The minimum Gasteiger partial charge on any atom is -0.496 e. The molecule has 5 rings (SSSR count). The molecule has 1 saturated carbocycles. The molecule has 0 aliphatic heterocycles. The number of nitrogens with zero attached hydrogens (tertiary/aromatic N) is 2. The van der Waals surface area contributed by atoms with Crippen LogP contribution in [0.15, 0.2) is 48.0 Å². The van der Waals surface area contributed by atoms with Crippen molar-refractivity contribution < 1.29 is 14.3 Å². The van der Waals surface area contributed by atoms with Crippen molar-refractivity contribution in [2.24, 2.45) is 5.92 Å². The Bertz CT molecular complexity index is 1350. The molecule has 1 amide bonds. The van der Waals surface area contributed by atoms with Crippen LogP contribution in [-0.4, -0.2) is 35.3 Å². The summed E-state index contributed by atoms with van der Waals surface area (Å²) in [4.78, 5) is 36.8. The summed E-state index contributed by atoms with van der Waals surface area (Å²) in [5.74, 6) is 0.906. The number of hydrogen-bond donors (Lipinski definition) is 1. The van der Waals surface area contributed by atoms with E-state index in [0.29, 0.717) is 29.3 Å². The number of benzene rings is 2. The van der Waals surface area contributed by atoms with Crippen LogP contribution in [0, 0.1) is 19.8 Å². The molecular weight excluding hydrogens is 446 g/mol. The zero-order chi connectivity index (χ0) is 23.8. The van der Waals surface area contributed by atoms with Crippen molar-refractivity contribution >= 4 is 39.1 Å². The molecule has 2 aromatic carbocycles. The number of anilines is 1. The first-order valence-electron chi connectivity index (χ1n) is 11.5. The molecule has 0 spiro atoms. The van der Waals surface area contributed by atoms with E-state index in [0.717, 1.165) is 45.7 Å². The second-order valence-electron chi connectivity index (χ2n) is 8.93. The van der Waals surface area contributed by atoms with Gasteiger partial charge in [-0.3, -0.25) is 14.5 Å². The molecule has 1 fully saturated rings. The Hall–Kier alpha value is -3.45. The molecule has 2 heterocycles. The highest BCUT2D eigenvalue weighted by atomic mass is 32.1. The second-order valence-corrected chi connectivity index (χ2v) is 9.80. The van der Waals surface area contributed by atoms with E-state index in [1.54, 1.807) is 19.4 Å². The van der Waals surface area contributed by atoms with Crippen molar-refractivity contribution in [3.63, 3.8) is 0 Å². The van der Waals surface area contributed by atoms with Crippen LogP contribution in [0.3, 0.4) is 0 Å². The number of carbonyl (C=O) groups is 2. The fourth-order valence-corrected chi connectivity index (χ4v) is 5.04. The van der Waals surface area contributed by atoms with E-state index in [4.69, 9.17) is 4.74 Å². The molecule has 1 N–H and O–H groups in total. The Morgan fingerprint density at radius 1 is 1.15 bits per heavy atom. The molecule has 174 valence electrons. The molecule has 6 nitrogen and oxygen atoms in total. The van der Waals surface area contributed by atoms with Gasteiger partial charge in [0.2, 0.25) is 5.91 Å². The number of aromatic amines is 1. The normalized spacial score (nSPS) is 13.3. The molecule has 34 heavy (non-hydrogen) atoms. The summed E-state index contributed by atoms with van der Waals surface area (Å²) in [6.07, 6.45) is 4.20. The van der Waals surface area contributed by atoms with Crippen LogP contribution >= 0.6 is 11.3 Å². The van der Waals surface area contributed by atoms with Crippen LogP contribution in [0.1, 0.15) is 45.6 Å². The number of ether oxygens (including phenoxy) is 1. The summed E-state index contributed by atoms with van der Waals surface area (Å²) in [6, 6.07) is 11.2. The lowest BCUT2D eigenvalue weighted by Crippen LogP contribution is -2.34. The molecule has 1 aliphatic rings. The Morgan fingerprint density at radius 3 is 2.56 bits per heavy atom. The monoisotopic (exact) mass is 473 g/mol. The number of carbonyl (C=O) groups excluding carboxylic acids is 2. The van der Waals surface area contributed by atoms with Gasteiger partial charge in [-0.1, -0.05) is 29.8 Å². The van der Waals surface area contributed by atoms with E-state index in [9.17, 15) is 9.59 Å². The first kappa shape index (κ1) is 22.3. The van der Waals surface area contributed by atoms with Gasteiger partial charge in [-0.05, 0) is 50.3 Å². The van der Waals surface area contributed by atoms with Gasteiger partial charge in [0.15, 0.2) is 10.9 Å². The van der Waals surface area contributed by atoms with Crippen molar-refractivity contribution in [3.05, 3.63) is 75.9 Å². The van der Waals surface area contributed by atoms with Crippen molar-refractivity contribution in [3.8, 4) is 5.75 Å². The third-order valence-electron chi connectivity index (χ3n) is 6.42. The first-order chi connectivity index (χ1) is 16.5. The standard InChI is InChI=1S/C27H27N3O3S/c1-16-4-8-19(9-5-16)26(32)25-22(33-3)11-10-21-24(25)20(17(2)29-21)14-23(31)30(15-18-6-7-18)27-28-12-13-34-27/h4-5,8-13,18,29H,6-7,14-15H2,1-3H3. The maximum absolute atomic E-state index is 13.7. The summed E-state index contributed by atoms with van der Waals surface area (Å²) < 4.78 is 5.62. The van der Waals surface area contributed by atoms with Crippen molar-refractivity contribution in [1.82, 2.24) is 9.97 Å². The zero-order valence-electron chi connectivity index (χ0n) is 19.6. The molecule has 0 atom stereocenters. The highest BCUT2D eigenvalue weighted by molar-refractivity contribution is 7.13. The number of fused-ring (bicyclic) bond motifs is 1. The van der Waals surface area contributed by atoms with Crippen molar-refractivity contribution in [1.29, 1.82) is 0 Å². The molecule has 0 radical (unpaired) electrons.